The predicted octanol–water partition coefficient (Wildman–Crippen LogP) is 2.91. The zero-order valence-corrected chi connectivity index (χ0v) is 8.85. The van der Waals surface area contributed by atoms with Gasteiger partial charge in [-0.1, -0.05) is 15.9 Å². The second-order valence-electron chi connectivity index (χ2n) is 1.60. The summed E-state index contributed by atoms with van der Waals surface area (Å²) in [6.07, 6.45) is 0. The van der Waals surface area contributed by atoms with Gasteiger partial charge in [0.05, 0.1) is 4.47 Å². The minimum absolute atomic E-state index is 0. The summed E-state index contributed by atoms with van der Waals surface area (Å²) in [4.78, 5) is 0. The minimum atomic E-state index is 0. The van der Waals surface area contributed by atoms with Gasteiger partial charge in [-0.2, -0.15) is 0 Å². The third-order valence-corrected chi connectivity index (χ3v) is 2.04. The van der Waals surface area contributed by atoms with Crippen LogP contribution in [-0.2, 0) is 17.1 Å². The molecule has 0 aliphatic carbocycles. The first-order chi connectivity index (χ1) is 4.20. The summed E-state index contributed by atoms with van der Waals surface area (Å²) in [5, 5.41) is 8.98. The van der Waals surface area contributed by atoms with Crippen molar-refractivity contribution in [3.63, 3.8) is 0 Å². The van der Waals surface area contributed by atoms with Crippen LogP contribution in [0.2, 0.25) is 0 Å². The van der Waals surface area contributed by atoms with Crippen LogP contribution in [0.1, 0.15) is 0 Å². The SMILES string of the molecule is Oc1ccc(Br)cc1Br.[Cu+2]. The standard InChI is InChI=1S/C6H4Br2O.Cu/c7-4-1-2-6(9)5(8)3-4;/h1-3,9H;/q;+2. The zero-order chi connectivity index (χ0) is 6.85. The zero-order valence-electron chi connectivity index (χ0n) is 4.74. The molecule has 0 bridgehead atoms. The maximum Gasteiger partial charge on any atom is 2.00 e. The van der Waals surface area contributed by atoms with Gasteiger partial charge in [-0.25, -0.2) is 0 Å². The van der Waals surface area contributed by atoms with Gasteiger partial charge in [-0.3, -0.25) is 0 Å². The van der Waals surface area contributed by atoms with E-state index in [-0.39, 0.29) is 22.8 Å². The molecule has 0 spiro atoms. The second kappa shape index (κ2) is 4.39. The molecular formula is C6H4Br2CuO+2. The molecule has 0 aliphatic heterocycles. The van der Waals surface area contributed by atoms with E-state index in [1.54, 1.807) is 18.2 Å². The van der Waals surface area contributed by atoms with Gasteiger partial charge in [0.15, 0.2) is 0 Å². The van der Waals surface area contributed by atoms with Gasteiger partial charge in [0, 0.05) is 4.47 Å². The molecule has 0 heterocycles. The van der Waals surface area contributed by atoms with Gasteiger partial charge < -0.3 is 5.11 Å². The van der Waals surface area contributed by atoms with Crippen LogP contribution < -0.4 is 0 Å². The Labute approximate surface area is 86.6 Å². The molecule has 1 N–H and O–H groups in total. The second-order valence-corrected chi connectivity index (χ2v) is 3.37. The van der Waals surface area contributed by atoms with Crippen molar-refractivity contribution in [2.45, 2.75) is 0 Å². The molecule has 1 radical (unpaired) electrons. The summed E-state index contributed by atoms with van der Waals surface area (Å²) in [5.74, 6) is 0.262. The van der Waals surface area contributed by atoms with Gasteiger partial charge in [-0.05, 0) is 34.1 Å². The van der Waals surface area contributed by atoms with E-state index in [0.29, 0.717) is 4.47 Å². The molecule has 0 saturated carbocycles. The fourth-order valence-electron chi connectivity index (χ4n) is 0.481. The van der Waals surface area contributed by atoms with E-state index in [1.807, 2.05) is 0 Å². The fourth-order valence-corrected chi connectivity index (χ4v) is 1.53. The number of hydrogen-bond acceptors (Lipinski definition) is 1. The monoisotopic (exact) mass is 313 g/mol. The van der Waals surface area contributed by atoms with E-state index in [9.17, 15) is 0 Å². The smallest absolute Gasteiger partial charge is 0.507 e. The Morgan fingerprint density at radius 2 is 1.80 bits per heavy atom. The first-order valence-corrected chi connectivity index (χ1v) is 3.93. The average Bonchev–Trinajstić information content (AvgIpc) is 1.80. The Morgan fingerprint density at radius 3 is 2.20 bits per heavy atom. The summed E-state index contributed by atoms with van der Waals surface area (Å²) >= 11 is 6.42. The van der Waals surface area contributed by atoms with Crippen molar-refractivity contribution in [1.82, 2.24) is 0 Å². The molecule has 1 aromatic carbocycles. The van der Waals surface area contributed by atoms with Crippen molar-refractivity contribution in [2.75, 3.05) is 0 Å². The van der Waals surface area contributed by atoms with E-state index >= 15 is 0 Å². The molecule has 0 aromatic heterocycles. The minimum Gasteiger partial charge on any atom is -0.507 e. The van der Waals surface area contributed by atoms with Crippen LogP contribution in [0.25, 0.3) is 0 Å². The Bertz CT molecular complexity index is 227. The van der Waals surface area contributed by atoms with Gasteiger partial charge in [0.1, 0.15) is 5.75 Å². The van der Waals surface area contributed by atoms with E-state index in [1.165, 1.54) is 0 Å². The third-order valence-electron chi connectivity index (χ3n) is 0.910. The van der Waals surface area contributed by atoms with Crippen LogP contribution in [0.3, 0.4) is 0 Å². The van der Waals surface area contributed by atoms with Crippen molar-refractivity contribution >= 4 is 31.9 Å². The Kier molecular flexibility index (Phi) is 4.61. The van der Waals surface area contributed by atoms with E-state index in [2.05, 4.69) is 31.9 Å². The van der Waals surface area contributed by atoms with Gasteiger partial charge in [0.25, 0.3) is 0 Å². The van der Waals surface area contributed by atoms with Crippen molar-refractivity contribution in [3.05, 3.63) is 27.1 Å². The molecule has 0 unspecified atom stereocenters. The molecule has 10 heavy (non-hydrogen) atoms. The summed E-state index contributed by atoms with van der Waals surface area (Å²) in [6.45, 7) is 0. The largest absolute Gasteiger partial charge is 2.00 e. The topological polar surface area (TPSA) is 20.2 Å². The summed E-state index contributed by atoms with van der Waals surface area (Å²) < 4.78 is 1.66. The summed E-state index contributed by atoms with van der Waals surface area (Å²) in [6, 6.07) is 5.18. The van der Waals surface area contributed by atoms with E-state index < -0.39 is 0 Å². The number of phenolic OH excluding ortho intramolecular Hbond substituents is 1. The summed E-state index contributed by atoms with van der Waals surface area (Å²) in [7, 11) is 0. The molecule has 1 nitrogen and oxygen atoms in total. The third kappa shape index (κ3) is 2.62. The van der Waals surface area contributed by atoms with Gasteiger partial charge >= 0.3 is 17.1 Å². The quantitative estimate of drug-likeness (QED) is 0.730. The molecule has 1 aromatic rings. The Morgan fingerprint density at radius 1 is 1.20 bits per heavy atom. The predicted molar refractivity (Wildman–Crippen MR) is 43.5 cm³/mol. The van der Waals surface area contributed by atoms with E-state index in [4.69, 9.17) is 5.11 Å². The van der Waals surface area contributed by atoms with E-state index in [0.717, 1.165) is 4.47 Å². The first kappa shape index (κ1) is 10.5. The molecule has 0 atom stereocenters. The van der Waals surface area contributed by atoms with Gasteiger partial charge in [0.2, 0.25) is 0 Å². The van der Waals surface area contributed by atoms with Crippen LogP contribution in [0.4, 0.5) is 0 Å². The van der Waals surface area contributed by atoms with Crippen molar-refractivity contribution in [2.24, 2.45) is 0 Å². The number of halogens is 2. The normalized spacial score (nSPS) is 8.60. The van der Waals surface area contributed by atoms with Crippen LogP contribution in [0, 0.1) is 0 Å². The first-order valence-electron chi connectivity index (χ1n) is 2.34. The average molecular weight is 315 g/mol. The Hall–Kier alpha value is 0.499. The number of aromatic hydroxyl groups is 1. The summed E-state index contributed by atoms with van der Waals surface area (Å²) in [5.41, 5.74) is 0. The molecule has 0 fully saturated rings. The van der Waals surface area contributed by atoms with Crippen LogP contribution in [0.5, 0.6) is 5.75 Å². The number of phenols is 1. The Balaban J connectivity index is 0.000000810. The van der Waals surface area contributed by atoms with Crippen LogP contribution in [-0.4, -0.2) is 5.11 Å². The molecular weight excluding hydrogens is 311 g/mol. The molecule has 57 valence electrons. The van der Waals surface area contributed by atoms with Crippen LogP contribution >= 0.6 is 31.9 Å². The molecule has 1 rings (SSSR count). The number of hydrogen-bond donors (Lipinski definition) is 1. The van der Waals surface area contributed by atoms with Gasteiger partial charge in [-0.15, -0.1) is 0 Å². The van der Waals surface area contributed by atoms with Crippen molar-refractivity contribution in [1.29, 1.82) is 0 Å². The van der Waals surface area contributed by atoms with Crippen LogP contribution in [0.15, 0.2) is 27.1 Å². The molecule has 0 amide bonds. The van der Waals surface area contributed by atoms with Crippen molar-refractivity contribution < 1.29 is 22.2 Å². The van der Waals surface area contributed by atoms with Crippen molar-refractivity contribution in [3.8, 4) is 5.75 Å². The maximum absolute atomic E-state index is 8.98. The molecule has 0 saturated heterocycles. The maximum atomic E-state index is 8.98. The number of rotatable bonds is 0. The molecule has 0 aliphatic rings. The molecule has 4 heteroatoms. The fraction of sp³-hybridized carbons (Fsp3) is 0. The number of benzene rings is 1.